The predicted octanol–water partition coefficient (Wildman–Crippen LogP) is -0.486. The van der Waals surface area contributed by atoms with Gasteiger partial charge >= 0.3 is 5.97 Å². The minimum absolute atomic E-state index is 0.244. The molecular weight excluding hydrogens is 222 g/mol. The molecule has 0 saturated carbocycles. The van der Waals surface area contributed by atoms with Gasteiger partial charge in [0, 0.05) is 0 Å². The maximum atomic E-state index is 11.0. The number of nitrogens with zero attached hydrogens (tertiary/aromatic N) is 1. The van der Waals surface area contributed by atoms with E-state index in [1.807, 2.05) is 21.1 Å². The van der Waals surface area contributed by atoms with E-state index in [0.717, 1.165) is 0 Å². The normalized spacial score (nSPS) is 12.5. The summed E-state index contributed by atoms with van der Waals surface area (Å²) in [7, 11) is 1.77. The van der Waals surface area contributed by atoms with Crippen molar-refractivity contribution in [3.8, 4) is 0 Å². The Hall–Kier alpha value is -0.660. The molecule has 0 amide bonds. The first-order valence-electron chi connectivity index (χ1n) is 4.51. The van der Waals surface area contributed by atoms with E-state index in [1.165, 1.54) is 0 Å². The zero-order chi connectivity index (χ0) is 12.1. The average molecular weight is 240 g/mol. The SMILES string of the molecule is C[N+](C)(C)CCOC(=O)CCS(=O)(=O)O. The van der Waals surface area contributed by atoms with Crippen LogP contribution in [-0.4, -0.2) is 63.5 Å². The Balaban J connectivity index is 3.69. The number of esters is 1. The van der Waals surface area contributed by atoms with E-state index >= 15 is 0 Å². The van der Waals surface area contributed by atoms with Crippen molar-refractivity contribution in [2.75, 3.05) is 40.0 Å². The fourth-order valence-corrected chi connectivity index (χ4v) is 1.14. The monoisotopic (exact) mass is 240 g/mol. The summed E-state index contributed by atoms with van der Waals surface area (Å²) < 4.78 is 34.5. The molecule has 1 N–H and O–H groups in total. The van der Waals surface area contributed by atoms with Gasteiger partial charge in [0.25, 0.3) is 10.1 Å². The number of hydrogen-bond acceptors (Lipinski definition) is 4. The number of carbonyl (C=O) groups excluding carboxylic acids is 1. The summed E-state index contributed by atoms with van der Waals surface area (Å²) in [5.74, 6) is -1.20. The number of hydrogen-bond donors (Lipinski definition) is 1. The molecule has 0 spiro atoms. The second kappa shape index (κ2) is 5.43. The van der Waals surface area contributed by atoms with Gasteiger partial charge in [-0.15, -0.1) is 0 Å². The van der Waals surface area contributed by atoms with Crippen molar-refractivity contribution in [2.24, 2.45) is 0 Å². The highest BCUT2D eigenvalue weighted by molar-refractivity contribution is 7.85. The lowest BCUT2D eigenvalue weighted by Gasteiger charge is -2.23. The Labute approximate surface area is 90.2 Å². The summed E-state index contributed by atoms with van der Waals surface area (Å²) in [4.78, 5) is 11.0. The minimum Gasteiger partial charge on any atom is -0.460 e. The molecule has 0 heterocycles. The van der Waals surface area contributed by atoms with Crippen LogP contribution in [0.1, 0.15) is 6.42 Å². The molecule has 0 rings (SSSR count). The van der Waals surface area contributed by atoms with Crippen LogP contribution < -0.4 is 0 Å². The Morgan fingerprint density at radius 3 is 2.27 bits per heavy atom. The smallest absolute Gasteiger partial charge is 0.307 e. The zero-order valence-corrected chi connectivity index (χ0v) is 10.1. The summed E-state index contributed by atoms with van der Waals surface area (Å²) in [6.45, 7) is 0.894. The zero-order valence-electron chi connectivity index (χ0n) is 9.26. The van der Waals surface area contributed by atoms with Crippen LogP contribution in [0, 0.1) is 0 Å². The molecule has 90 valence electrons. The van der Waals surface area contributed by atoms with Gasteiger partial charge in [0.1, 0.15) is 13.2 Å². The molecule has 0 radical (unpaired) electrons. The molecule has 0 aliphatic carbocycles. The average Bonchev–Trinajstić information content (AvgIpc) is 1.97. The van der Waals surface area contributed by atoms with Crippen LogP contribution >= 0.6 is 0 Å². The molecule has 0 aromatic carbocycles. The first-order chi connectivity index (χ1) is 6.60. The highest BCUT2D eigenvalue weighted by Gasteiger charge is 2.12. The van der Waals surface area contributed by atoms with Crippen LogP contribution in [-0.2, 0) is 19.6 Å². The molecule has 15 heavy (non-hydrogen) atoms. The molecule has 0 aliphatic rings. The molecular formula is C8H18NO5S+. The van der Waals surface area contributed by atoms with Crippen molar-refractivity contribution >= 4 is 16.1 Å². The molecule has 0 aromatic rings. The van der Waals surface area contributed by atoms with E-state index in [0.29, 0.717) is 11.0 Å². The van der Waals surface area contributed by atoms with Crippen LogP contribution in [0.5, 0.6) is 0 Å². The molecule has 0 saturated heterocycles. The van der Waals surface area contributed by atoms with Gasteiger partial charge in [0.2, 0.25) is 0 Å². The highest BCUT2D eigenvalue weighted by atomic mass is 32.2. The molecule has 0 fully saturated rings. The summed E-state index contributed by atoms with van der Waals surface area (Å²) >= 11 is 0. The standard InChI is InChI=1S/C8H17NO5S/c1-9(2,3)5-6-14-8(10)4-7-15(11,12)13/h4-7H2,1-3H3/p+1. The topological polar surface area (TPSA) is 80.7 Å². The summed E-state index contributed by atoms with van der Waals surface area (Å²) in [6.07, 6.45) is -0.310. The van der Waals surface area contributed by atoms with Gasteiger partial charge in [-0.3, -0.25) is 9.35 Å². The molecule has 0 bridgehead atoms. The lowest BCUT2D eigenvalue weighted by Crippen LogP contribution is -2.38. The van der Waals surface area contributed by atoms with Crippen LogP contribution in [0.2, 0.25) is 0 Å². The molecule has 7 heteroatoms. The Kier molecular flexibility index (Phi) is 5.19. The molecule has 0 unspecified atom stereocenters. The number of likely N-dealkylation sites (N-methyl/N-ethyl adjacent to an activating group) is 1. The number of quaternary nitrogens is 1. The Bertz CT molecular complexity index is 303. The van der Waals surface area contributed by atoms with Crippen LogP contribution in [0.15, 0.2) is 0 Å². The van der Waals surface area contributed by atoms with Crippen molar-refractivity contribution in [3.05, 3.63) is 0 Å². The summed E-state index contributed by atoms with van der Waals surface area (Å²) in [5.41, 5.74) is 0. The van der Waals surface area contributed by atoms with Crippen molar-refractivity contribution in [2.45, 2.75) is 6.42 Å². The van der Waals surface area contributed by atoms with E-state index in [-0.39, 0.29) is 13.0 Å². The maximum absolute atomic E-state index is 11.0. The Morgan fingerprint density at radius 2 is 1.87 bits per heavy atom. The largest absolute Gasteiger partial charge is 0.460 e. The second-order valence-corrected chi connectivity index (χ2v) is 5.84. The maximum Gasteiger partial charge on any atom is 0.307 e. The first kappa shape index (κ1) is 14.3. The predicted molar refractivity (Wildman–Crippen MR) is 54.9 cm³/mol. The third-order valence-electron chi connectivity index (χ3n) is 1.59. The van der Waals surface area contributed by atoms with E-state index in [4.69, 9.17) is 9.29 Å². The minimum atomic E-state index is -4.08. The van der Waals surface area contributed by atoms with E-state index < -0.39 is 21.8 Å². The molecule has 0 aromatic heterocycles. The fourth-order valence-electron chi connectivity index (χ4n) is 0.718. The van der Waals surface area contributed by atoms with Gasteiger partial charge in [-0.25, -0.2) is 0 Å². The lowest BCUT2D eigenvalue weighted by molar-refractivity contribution is -0.870. The van der Waals surface area contributed by atoms with Crippen LogP contribution in [0.25, 0.3) is 0 Å². The van der Waals surface area contributed by atoms with Gasteiger partial charge < -0.3 is 9.22 Å². The molecule has 6 nitrogen and oxygen atoms in total. The number of ether oxygens (including phenoxy) is 1. The van der Waals surface area contributed by atoms with Crippen LogP contribution in [0.4, 0.5) is 0 Å². The molecule has 0 atom stereocenters. The van der Waals surface area contributed by atoms with Crippen molar-refractivity contribution in [3.63, 3.8) is 0 Å². The Morgan fingerprint density at radius 1 is 1.33 bits per heavy atom. The fraction of sp³-hybridized carbons (Fsp3) is 0.875. The van der Waals surface area contributed by atoms with Gasteiger partial charge in [-0.05, 0) is 0 Å². The second-order valence-electron chi connectivity index (χ2n) is 4.27. The van der Waals surface area contributed by atoms with E-state index in [9.17, 15) is 13.2 Å². The first-order valence-corrected chi connectivity index (χ1v) is 6.12. The lowest BCUT2D eigenvalue weighted by atomic mass is 10.5. The van der Waals surface area contributed by atoms with Gasteiger partial charge in [0.15, 0.2) is 0 Å². The quantitative estimate of drug-likeness (QED) is 0.385. The third kappa shape index (κ3) is 11.3. The van der Waals surface area contributed by atoms with Gasteiger partial charge in [0.05, 0.1) is 33.3 Å². The number of carbonyl (C=O) groups is 1. The van der Waals surface area contributed by atoms with E-state index in [1.54, 1.807) is 0 Å². The van der Waals surface area contributed by atoms with Gasteiger partial charge in [-0.1, -0.05) is 0 Å². The van der Waals surface area contributed by atoms with E-state index in [2.05, 4.69) is 0 Å². The number of rotatable bonds is 6. The highest BCUT2D eigenvalue weighted by Crippen LogP contribution is 1.94. The van der Waals surface area contributed by atoms with Crippen molar-refractivity contribution in [1.82, 2.24) is 0 Å². The summed E-state index contributed by atoms with van der Waals surface area (Å²) in [5, 5.41) is 0. The third-order valence-corrected chi connectivity index (χ3v) is 2.31. The van der Waals surface area contributed by atoms with Gasteiger partial charge in [-0.2, -0.15) is 8.42 Å². The summed E-state index contributed by atoms with van der Waals surface area (Å²) in [6, 6.07) is 0. The van der Waals surface area contributed by atoms with Crippen LogP contribution in [0.3, 0.4) is 0 Å². The van der Waals surface area contributed by atoms with Crippen molar-refractivity contribution < 1.29 is 27.0 Å². The molecule has 0 aliphatic heterocycles. The van der Waals surface area contributed by atoms with Crippen molar-refractivity contribution in [1.29, 1.82) is 0 Å².